The van der Waals surface area contributed by atoms with E-state index in [-0.39, 0.29) is 5.82 Å². The van der Waals surface area contributed by atoms with E-state index in [1.807, 2.05) is 6.92 Å². The first-order valence-corrected chi connectivity index (χ1v) is 6.23. The molecule has 1 aliphatic rings. The first-order valence-electron chi connectivity index (χ1n) is 5.44. The zero-order valence-corrected chi connectivity index (χ0v) is 10.8. The highest BCUT2D eigenvalue weighted by Crippen LogP contribution is 2.24. The van der Waals surface area contributed by atoms with Crippen molar-refractivity contribution in [2.45, 2.75) is 32.6 Å². The summed E-state index contributed by atoms with van der Waals surface area (Å²) in [5.74, 6) is -0.239. The maximum Gasteiger partial charge on any atom is 0.137 e. The Morgan fingerprint density at radius 1 is 1.31 bits per heavy atom. The SMILES string of the molecule is Cc1cc(F)c(Br)cc1NN=C1CCCC1. The molecule has 0 atom stereocenters. The Balaban J connectivity index is 2.15. The average molecular weight is 285 g/mol. The van der Waals surface area contributed by atoms with Gasteiger partial charge in [0.15, 0.2) is 0 Å². The predicted molar refractivity (Wildman–Crippen MR) is 68.4 cm³/mol. The molecule has 0 amide bonds. The van der Waals surface area contributed by atoms with Crippen molar-refractivity contribution in [3.05, 3.63) is 28.0 Å². The minimum absolute atomic E-state index is 0.239. The van der Waals surface area contributed by atoms with Crippen molar-refractivity contribution >= 4 is 27.3 Å². The van der Waals surface area contributed by atoms with Gasteiger partial charge in [0.1, 0.15) is 5.82 Å². The Kier molecular flexibility index (Phi) is 3.59. The molecule has 1 aromatic rings. The van der Waals surface area contributed by atoms with Gasteiger partial charge in [0.25, 0.3) is 0 Å². The molecule has 0 saturated heterocycles. The molecule has 2 nitrogen and oxygen atoms in total. The summed E-state index contributed by atoms with van der Waals surface area (Å²) < 4.78 is 13.7. The number of anilines is 1. The summed E-state index contributed by atoms with van der Waals surface area (Å²) in [7, 11) is 0. The van der Waals surface area contributed by atoms with Crippen LogP contribution in [0.15, 0.2) is 21.7 Å². The minimum Gasteiger partial charge on any atom is -0.278 e. The van der Waals surface area contributed by atoms with E-state index in [9.17, 15) is 4.39 Å². The van der Waals surface area contributed by atoms with Gasteiger partial charge in [-0.25, -0.2) is 4.39 Å². The van der Waals surface area contributed by atoms with Crippen LogP contribution in [0, 0.1) is 12.7 Å². The number of hydrogen-bond donors (Lipinski definition) is 1. The monoisotopic (exact) mass is 284 g/mol. The molecule has 1 aliphatic carbocycles. The molecule has 4 heteroatoms. The Morgan fingerprint density at radius 3 is 2.69 bits per heavy atom. The Hall–Kier alpha value is -0.900. The summed E-state index contributed by atoms with van der Waals surface area (Å²) in [4.78, 5) is 0. The van der Waals surface area contributed by atoms with E-state index < -0.39 is 0 Å². The van der Waals surface area contributed by atoms with Gasteiger partial charge in [-0.3, -0.25) is 5.43 Å². The molecular weight excluding hydrogens is 271 g/mol. The first-order chi connectivity index (χ1) is 7.66. The zero-order valence-electron chi connectivity index (χ0n) is 9.19. The zero-order chi connectivity index (χ0) is 11.5. The number of hydrogen-bond acceptors (Lipinski definition) is 2. The summed E-state index contributed by atoms with van der Waals surface area (Å²) in [6, 6.07) is 3.23. The van der Waals surface area contributed by atoms with E-state index in [0.717, 1.165) is 24.1 Å². The Morgan fingerprint density at radius 2 is 2.00 bits per heavy atom. The summed E-state index contributed by atoms with van der Waals surface area (Å²) in [6.07, 6.45) is 4.61. The van der Waals surface area contributed by atoms with Gasteiger partial charge < -0.3 is 0 Å². The normalized spacial score (nSPS) is 15.3. The molecule has 1 saturated carbocycles. The van der Waals surface area contributed by atoms with E-state index in [0.29, 0.717) is 4.47 Å². The third-order valence-electron chi connectivity index (χ3n) is 2.78. The largest absolute Gasteiger partial charge is 0.278 e. The van der Waals surface area contributed by atoms with Gasteiger partial charge in [0.05, 0.1) is 10.2 Å². The standard InChI is InChI=1S/C12H14BrFN2/c1-8-6-11(14)10(13)7-12(8)16-15-9-4-2-3-5-9/h6-7,16H,2-5H2,1H3. The molecule has 0 aliphatic heterocycles. The molecule has 0 unspecified atom stereocenters. The molecule has 2 rings (SSSR count). The van der Waals surface area contributed by atoms with Crippen LogP contribution in [0.4, 0.5) is 10.1 Å². The number of halogens is 2. The fourth-order valence-corrected chi connectivity index (χ4v) is 2.14. The van der Waals surface area contributed by atoms with Crippen molar-refractivity contribution in [2.75, 3.05) is 5.43 Å². The summed E-state index contributed by atoms with van der Waals surface area (Å²) >= 11 is 3.17. The summed E-state index contributed by atoms with van der Waals surface area (Å²) in [5.41, 5.74) is 5.94. The van der Waals surface area contributed by atoms with Gasteiger partial charge in [0, 0.05) is 5.71 Å². The van der Waals surface area contributed by atoms with E-state index in [2.05, 4.69) is 26.5 Å². The smallest absolute Gasteiger partial charge is 0.137 e. The highest BCUT2D eigenvalue weighted by Gasteiger charge is 2.09. The molecular formula is C12H14BrFN2. The lowest BCUT2D eigenvalue weighted by Crippen LogP contribution is -1.98. The van der Waals surface area contributed by atoms with Crippen molar-refractivity contribution in [3.63, 3.8) is 0 Å². The van der Waals surface area contributed by atoms with Crippen LogP contribution in [0.2, 0.25) is 0 Å². The highest BCUT2D eigenvalue weighted by molar-refractivity contribution is 9.10. The van der Waals surface area contributed by atoms with Crippen LogP contribution < -0.4 is 5.43 Å². The Bertz CT molecular complexity index is 421. The average Bonchev–Trinajstić information content (AvgIpc) is 2.74. The van der Waals surface area contributed by atoms with Crippen LogP contribution in [-0.2, 0) is 0 Å². The number of hydrazone groups is 1. The molecule has 1 fully saturated rings. The maximum absolute atomic E-state index is 13.2. The molecule has 0 bridgehead atoms. The number of benzene rings is 1. The molecule has 86 valence electrons. The molecule has 0 aromatic heterocycles. The molecule has 0 heterocycles. The van der Waals surface area contributed by atoms with Crippen molar-refractivity contribution in [1.82, 2.24) is 0 Å². The lowest BCUT2D eigenvalue weighted by atomic mass is 10.2. The minimum atomic E-state index is -0.239. The van der Waals surface area contributed by atoms with Gasteiger partial charge in [-0.05, 0) is 66.2 Å². The number of nitrogens with one attached hydrogen (secondary N) is 1. The fraction of sp³-hybridized carbons (Fsp3) is 0.417. The van der Waals surface area contributed by atoms with Crippen LogP contribution in [-0.4, -0.2) is 5.71 Å². The quantitative estimate of drug-likeness (QED) is 0.807. The molecule has 1 aromatic carbocycles. The second-order valence-electron chi connectivity index (χ2n) is 4.08. The van der Waals surface area contributed by atoms with E-state index in [1.165, 1.54) is 24.6 Å². The van der Waals surface area contributed by atoms with Gasteiger partial charge in [-0.15, -0.1) is 0 Å². The maximum atomic E-state index is 13.2. The van der Waals surface area contributed by atoms with Gasteiger partial charge in [0.2, 0.25) is 0 Å². The summed E-state index contributed by atoms with van der Waals surface area (Å²) in [5, 5.41) is 4.35. The highest BCUT2D eigenvalue weighted by atomic mass is 79.9. The molecule has 0 spiro atoms. The van der Waals surface area contributed by atoms with Crippen LogP contribution in [0.5, 0.6) is 0 Å². The van der Waals surface area contributed by atoms with Gasteiger partial charge >= 0.3 is 0 Å². The topological polar surface area (TPSA) is 24.4 Å². The van der Waals surface area contributed by atoms with Crippen molar-refractivity contribution < 1.29 is 4.39 Å². The van der Waals surface area contributed by atoms with Crippen molar-refractivity contribution in [3.8, 4) is 0 Å². The number of rotatable bonds is 2. The third-order valence-corrected chi connectivity index (χ3v) is 3.39. The second-order valence-corrected chi connectivity index (χ2v) is 4.93. The molecule has 16 heavy (non-hydrogen) atoms. The fourth-order valence-electron chi connectivity index (χ4n) is 1.80. The second kappa shape index (κ2) is 4.95. The molecule has 0 radical (unpaired) electrons. The first kappa shape index (κ1) is 11.6. The predicted octanol–water partition coefficient (Wildman–Crippen LogP) is 4.24. The van der Waals surface area contributed by atoms with Crippen LogP contribution in [0.25, 0.3) is 0 Å². The Labute approximate surface area is 103 Å². The van der Waals surface area contributed by atoms with E-state index >= 15 is 0 Å². The number of aryl methyl sites for hydroxylation is 1. The third kappa shape index (κ3) is 2.61. The lowest BCUT2D eigenvalue weighted by molar-refractivity contribution is 0.620. The van der Waals surface area contributed by atoms with Crippen molar-refractivity contribution in [1.29, 1.82) is 0 Å². The van der Waals surface area contributed by atoms with Crippen LogP contribution in [0.3, 0.4) is 0 Å². The van der Waals surface area contributed by atoms with Gasteiger partial charge in [-0.1, -0.05) is 0 Å². The summed E-state index contributed by atoms with van der Waals surface area (Å²) in [6.45, 7) is 1.87. The van der Waals surface area contributed by atoms with Crippen molar-refractivity contribution in [2.24, 2.45) is 5.10 Å². The van der Waals surface area contributed by atoms with E-state index in [4.69, 9.17) is 0 Å². The lowest BCUT2D eigenvalue weighted by Gasteiger charge is -2.07. The number of nitrogens with zero attached hydrogens (tertiary/aromatic N) is 1. The van der Waals surface area contributed by atoms with E-state index in [1.54, 1.807) is 6.07 Å². The van der Waals surface area contributed by atoms with Crippen LogP contribution in [0.1, 0.15) is 31.2 Å². The van der Waals surface area contributed by atoms with Crippen LogP contribution >= 0.6 is 15.9 Å². The molecule has 1 N–H and O–H groups in total. The van der Waals surface area contributed by atoms with Gasteiger partial charge in [-0.2, -0.15) is 5.10 Å².